The number of hydrogen-bond acceptors (Lipinski definition) is 3. The molecule has 2 atom stereocenters. The lowest BCUT2D eigenvalue weighted by atomic mass is 10.0. The Labute approximate surface area is 111 Å². The molecule has 3 amide bonds. The topological polar surface area (TPSA) is 96.2 Å². The molecule has 1 aromatic carbocycles. The molecule has 1 aliphatic rings. The van der Waals surface area contributed by atoms with Gasteiger partial charge in [-0.05, 0) is 38.1 Å². The van der Waals surface area contributed by atoms with E-state index in [1.165, 1.54) is 0 Å². The number of primary amides is 1. The first-order valence-electron chi connectivity index (χ1n) is 6.27. The van der Waals surface area contributed by atoms with Crippen molar-refractivity contribution in [2.75, 3.05) is 17.2 Å². The maximum absolute atomic E-state index is 12.1. The van der Waals surface area contributed by atoms with Gasteiger partial charge in [0.2, 0.25) is 5.91 Å². The van der Waals surface area contributed by atoms with Gasteiger partial charge in [0.05, 0.1) is 5.92 Å². The van der Waals surface area contributed by atoms with Gasteiger partial charge in [-0.15, -0.1) is 0 Å². The van der Waals surface area contributed by atoms with Gasteiger partial charge in [-0.2, -0.15) is 0 Å². The number of benzene rings is 1. The lowest BCUT2D eigenvalue weighted by molar-refractivity contribution is -0.119. The van der Waals surface area contributed by atoms with E-state index in [0.717, 1.165) is 13.0 Å². The Kier molecular flexibility index (Phi) is 4.01. The third kappa shape index (κ3) is 3.45. The molecule has 0 spiro atoms. The van der Waals surface area contributed by atoms with Crippen LogP contribution in [-0.4, -0.2) is 24.5 Å². The summed E-state index contributed by atoms with van der Waals surface area (Å²) in [5.41, 5.74) is 6.25. The average Bonchev–Trinajstić information content (AvgIpc) is 2.75. The van der Waals surface area contributed by atoms with Crippen molar-refractivity contribution in [1.29, 1.82) is 0 Å². The second-order valence-electron chi connectivity index (χ2n) is 4.70. The van der Waals surface area contributed by atoms with Crippen LogP contribution in [0.15, 0.2) is 24.3 Å². The number of carbonyl (C=O) groups is 2. The van der Waals surface area contributed by atoms with Crippen molar-refractivity contribution >= 4 is 23.3 Å². The Morgan fingerprint density at radius 2 is 2.00 bits per heavy atom. The van der Waals surface area contributed by atoms with Crippen LogP contribution < -0.4 is 21.7 Å². The molecule has 0 aliphatic carbocycles. The number of rotatable bonds is 3. The summed E-state index contributed by atoms with van der Waals surface area (Å²) < 4.78 is 0. The van der Waals surface area contributed by atoms with Crippen molar-refractivity contribution in [3.63, 3.8) is 0 Å². The average molecular weight is 262 g/mol. The maximum Gasteiger partial charge on any atom is 0.316 e. The van der Waals surface area contributed by atoms with Crippen LogP contribution in [0.3, 0.4) is 0 Å². The lowest BCUT2D eigenvalue weighted by Crippen LogP contribution is -2.32. The molecule has 6 heteroatoms. The number of hydrogen-bond donors (Lipinski definition) is 4. The SMILES string of the molecule is CC1NCCC1C(=O)Nc1cccc(NC(N)=O)c1. The van der Waals surface area contributed by atoms with Crippen LogP contribution in [0.4, 0.5) is 16.2 Å². The van der Waals surface area contributed by atoms with Crippen molar-refractivity contribution in [2.24, 2.45) is 11.7 Å². The van der Waals surface area contributed by atoms with E-state index in [2.05, 4.69) is 16.0 Å². The molecule has 5 N–H and O–H groups in total. The summed E-state index contributed by atoms with van der Waals surface area (Å²) in [7, 11) is 0. The van der Waals surface area contributed by atoms with Crippen LogP contribution >= 0.6 is 0 Å². The van der Waals surface area contributed by atoms with Crippen LogP contribution in [-0.2, 0) is 4.79 Å². The summed E-state index contributed by atoms with van der Waals surface area (Å²) >= 11 is 0. The summed E-state index contributed by atoms with van der Waals surface area (Å²) in [6, 6.07) is 6.47. The molecule has 1 fully saturated rings. The van der Waals surface area contributed by atoms with E-state index in [0.29, 0.717) is 11.4 Å². The highest BCUT2D eigenvalue weighted by Crippen LogP contribution is 2.20. The van der Waals surface area contributed by atoms with Gasteiger partial charge < -0.3 is 21.7 Å². The molecule has 1 saturated heterocycles. The number of nitrogens with two attached hydrogens (primary N) is 1. The molecule has 2 unspecified atom stereocenters. The Bertz CT molecular complexity index is 489. The zero-order valence-corrected chi connectivity index (χ0v) is 10.8. The summed E-state index contributed by atoms with van der Waals surface area (Å²) in [6.07, 6.45) is 0.840. The highest BCUT2D eigenvalue weighted by Gasteiger charge is 2.29. The van der Waals surface area contributed by atoms with Gasteiger partial charge in [-0.25, -0.2) is 4.79 Å². The predicted octanol–water partition coefficient (Wildman–Crippen LogP) is 1.11. The van der Waals surface area contributed by atoms with Crippen LogP contribution in [0.1, 0.15) is 13.3 Å². The first kappa shape index (κ1) is 13.4. The molecule has 1 aromatic rings. The summed E-state index contributed by atoms with van der Waals surface area (Å²) in [5.74, 6) is -0.0264. The smallest absolute Gasteiger partial charge is 0.316 e. The quantitative estimate of drug-likeness (QED) is 0.657. The van der Waals surface area contributed by atoms with E-state index in [4.69, 9.17) is 5.73 Å². The minimum absolute atomic E-state index is 0.00581. The van der Waals surface area contributed by atoms with Gasteiger partial charge >= 0.3 is 6.03 Å². The zero-order chi connectivity index (χ0) is 13.8. The van der Waals surface area contributed by atoms with Gasteiger partial charge in [0.1, 0.15) is 0 Å². The van der Waals surface area contributed by atoms with Gasteiger partial charge in [0.15, 0.2) is 0 Å². The Hall–Kier alpha value is -2.08. The van der Waals surface area contributed by atoms with Gasteiger partial charge in [0, 0.05) is 17.4 Å². The molecule has 0 saturated carbocycles. The molecule has 0 bridgehead atoms. The Morgan fingerprint density at radius 1 is 1.32 bits per heavy atom. The van der Waals surface area contributed by atoms with Crippen LogP contribution in [0.2, 0.25) is 0 Å². The van der Waals surface area contributed by atoms with E-state index in [1.807, 2.05) is 6.92 Å². The highest BCUT2D eigenvalue weighted by molar-refractivity contribution is 5.94. The Morgan fingerprint density at radius 3 is 2.58 bits per heavy atom. The molecule has 19 heavy (non-hydrogen) atoms. The van der Waals surface area contributed by atoms with Crippen LogP contribution in [0.5, 0.6) is 0 Å². The fourth-order valence-electron chi connectivity index (χ4n) is 2.27. The predicted molar refractivity (Wildman–Crippen MR) is 73.8 cm³/mol. The second-order valence-corrected chi connectivity index (χ2v) is 4.70. The third-order valence-electron chi connectivity index (χ3n) is 3.26. The van der Waals surface area contributed by atoms with E-state index >= 15 is 0 Å². The number of urea groups is 1. The summed E-state index contributed by atoms with van der Waals surface area (Å²) in [6.45, 7) is 2.87. The summed E-state index contributed by atoms with van der Waals surface area (Å²) in [4.78, 5) is 22.9. The molecule has 6 nitrogen and oxygen atoms in total. The molecule has 102 valence electrons. The van der Waals surface area contributed by atoms with Crippen molar-refractivity contribution in [2.45, 2.75) is 19.4 Å². The molecule has 1 heterocycles. The van der Waals surface area contributed by atoms with E-state index in [9.17, 15) is 9.59 Å². The number of amides is 3. The standard InChI is InChI=1S/C13H18N4O2/c1-8-11(5-6-15-8)12(18)16-9-3-2-4-10(7-9)17-13(14)19/h2-4,7-8,11,15H,5-6H2,1H3,(H,16,18)(H3,14,17,19). The van der Waals surface area contributed by atoms with Crippen molar-refractivity contribution in [1.82, 2.24) is 5.32 Å². The maximum atomic E-state index is 12.1. The van der Waals surface area contributed by atoms with Gasteiger partial charge in [-0.3, -0.25) is 4.79 Å². The van der Waals surface area contributed by atoms with E-state index in [-0.39, 0.29) is 17.9 Å². The molecule has 1 aliphatic heterocycles. The zero-order valence-electron chi connectivity index (χ0n) is 10.8. The largest absolute Gasteiger partial charge is 0.351 e. The molecule has 0 radical (unpaired) electrons. The third-order valence-corrected chi connectivity index (χ3v) is 3.26. The van der Waals surface area contributed by atoms with Crippen molar-refractivity contribution in [3.8, 4) is 0 Å². The minimum atomic E-state index is -0.628. The first-order valence-corrected chi connectivity index (χ1v) is 6.27. The second kappa shape index (κ2) is 5.71. The van der Waals surface area contributed by atoms with Crippen molar-refractivity contribution < 1.29 is 9.59 Å². The first-order chi connectivity index (χ1) is 9.06. The molecular weight excluding hydrogens is 244 g/mol. The fourth-order valence-corrected chi connectivity index (χ4v) is 2.27. The normalized spacial score (nSPS) is 21.9. The molecular formula is C13H18N4O2. The van der Waals surface area contributed by atoms with Gasteiger partial charge in [-0.1, -0.05) is 6.07 Å². The molecule has 2 rings (SSSR count). The van der Waals surface area contributed by atoms with E-state index < -0.39 is 6.03 Å². The van der Waals surface area contributed by atoms with Crippen LogP contribution in [0, 0.1) is 5.92 Å². The number of anilines is 2. The number of carbonyl (C=O) groups excluding carboxylic acids is 2. The van der Waals surface area contributed by atoms with E-state index in [1.54, 1.807) is 24.3 Å². The minimum Gasteiger partial charge on any atom is -0.351 e. The number of nitrogens with one attached hydrogen (secondary N) is 3. The Balaban J connectivity index is 2.02. The molecule has 0 aromatic heterocycles. The monoisotopic (exact) mass is 262 g/mol. The van der Waals surface area contributed by atoms with Crippen molar-refractivity contribution in [3.05, 3.63) is 24.3 Å². The summed E-state index contributed by atoms with van der Waals surface area (Å²) in [5, 5.41) is 8.57. The highest BCUT2D eigenvalue weighted by atomic mass is 16.2. The van der Waals surface area contributed by atoms with Gasteiger partial charge in [0.25, 0.3) is 0 Å². The lowest BCUT2D eigenvalue weighted by Gasteiger charge is -2.15. The fraction of sp³-hybridized carbons (Fsp3) is 0.385. The van der Waals surface area contributed by atoms with Crippen LogP contribution in [0.25, 0.3) is 0 Å².